The number of carbonyl (C=O) groups excluding carboxylic acids is 2. The van der Waals surface area contributed by atoms with Gasteiger partial charge in [-0.25, -0.2) is 14.4 Å². The molecular formula is C16H21NO7. The number of nitrogens with one attached hydrogen (secondary N) is 1. The van der Waals surface area contributed by atoms with Crippen LogP contribution < -0.4 is 10.1 Å². The summed E-state index contributed by atoms with van der Waals surface area (Å²) >= 11 is 0. The van der Waals surface area contributed by atoms with Gasteiger partial charge < -0.3 is 24.6 Å². The van der Waals surface area contributed by atoms with Crippen molar-refractivity contribution in [2.24, 2.45) is 0 Å². The molecule has 132 valence electrons. The maximum absolute atomic E-state index is 11.9. The fraction of sp³-hybridized carbons (Fsp3) is 0.438. The Morgan fingerprint density at radius 2 is 1.75 bits per heavy atom. The van der Waals surface area contributed by atoms with Crippen LogP contribution in [0.3, 0.4) is 0 Å². The van der Waals surface area contributed by atoms with E-state index in [0.717, 1.165) is 0 Å². The van der Waals surface area contributed by atoms with Crippen molar-refractivity contribution in [1.82, 2.24) is 5.32 Å². The van der Waals surface area contributed by atoms with Crippen molar-refractivity contribution in [2.75, 3.05) is 13.7 Å². The molecule has 0 aliphatic rings. The van der Waals surface area contributed by atoms with Crippen molar-refractivity contribution in [3.05, 3.63) is 29.8 Å². The van der Waals surface area contributed by atoms with Crippen molar-refractivity contribution in [3.63, 3.8) is 0 Å². The van der Waals surface area contributed by atoms with Crippen molar-refractivity contribution < 1.29 is 33.7 Å². The molecule has 1 rings (SSSR count). The predicted octanol–water partition coefficient (Wildman–Crippen LogP) is 1.83. The van der Waals surface area contributed by atoms with Crippen LogP contribution in [-0.4, -0.2) is 48.5 Å². The Morgan fingerprint density at radius 1 is 1.17 bits per heavy atom. The fourth-order valence-electron chi connectivity index (χ4n) is 1.59. The molecular weight excluding hydrogens is 318 g/mol. The average Bonchev–Trinajstić information content (AvgIpc) is 2.49. The summed E-state index contributed by atoms with van der Waals surface area (Å²) in [5.74, 6) is -1.49. The summed E-state index contributed by atoms with van der Waals surface area (Å²) in [4.78, 5) is 34.6. The SMILES string of the molecule is COc1ccc(C(=O)OCC(NC(=O)OC(C)(C)C)C(=O)O)cc1. The molecule has 1 atom stereocenters. The molecule has 0 saturated carbocycles. The maximum Gasteiger partial charge on any atom is 0.408 e. The number of ether oxygens (including phenoxy) is 3. The molecule has 8 nitrogen and oxygen atoms in total. The average molecular weight is 339 g/mol. The highest BCUT2D eigenvalue weighted by atomic mass is 16.6. The maximum atomic E-state index is 11.9. The molecule has 0 heterocycles. The third kappa shape index (κ3) is 6.55. The first-order valence-corrected chi connectivity index (χ1v) is 7.16. The van der Waals surface area contributed by atoms with Gasteiger partial charge in [-0.15, -0.1) is 0 Å². The van der Waals surface area contributed by atoms with E-state index in [1.54, 1.807) is 32.9 Å². The van der Waals surface area contributed by atoms with Gasteiger partial charge in [0.2, 0.25) is 0 Å². The molecule has 1 aromatic rings. The van der Waals surface area contributed by atoms with E-state index in [4.69, 9.17) is 19.3 Å². The van der Waals surface area contributed by atoms with Crippen LogP contribution in [0.25, 0.3) is 0 Å². The summed E-state index contributed by atoms with van der Waals surface area (Å²) < 4.78 is 14.9. The largest absolute Gasteiger partial charge is 0.497 e. The molecule has 0 aliphatic heterocycles. The summed E-state index contributed by atoms with van der Waals surface area (Å²) in [7, 11) is 1.49. The Kier molecular flexibility index (Phi) is 6.58. The molecule has 0 fully saturated rings. The molecule has 2 N–H and O–H groups in total. The molecule has 0 spiro atoms. The van der Waals surface area contributed by atoms with Gasteiger partial charge in [-0.1, -0.05) is 0 Å². The molecule has 8 heteroatoms. The Morgan fingerprint density at radius 3 is 2.21 bits per heavy atom. The molecule has 0 aromatic heterocycles. The van der Waals surface area contributed by atoms with Gasteiger partial charge >= 0.3 is 18.0 Å². The van der Waals surface area contributed by atoms with Crippen LogP contribution in [0.4, 0.5) is 4.79 Å². The highest BCUT2D eigenvalue weighted by molar-refractivity contribution is 5.90. The third-order valence-electron chi connectivity index (χ3n) is 2.70. The zero-order valence-electron chi connectivity index (χ0n) is 14.0. The van der Waals surface area contributed by atoms with E-state index < -0.39 is 36.3 Å². The van der Waals surface area contributed by atoms with E-state index in [1.807, 2.05) is 0 Å². The van der Waals surface area contributed by atoms with Gasteiger partial charge in [0.15, 0.2) is 6.04 Å². The number of amides is 1. The number of carboxylic acid groups (broad SMARTS) is 1. The number of hydrogen-bond donors (Lipinski definition) is 2. The number of benzene rings is 1. The van der Waals surface area contributed by atoms with Crippen LogP contribution in [0, 0.1) is 0 Å². The molecule has 0 aliphatic carbocycles. The quantitative estimate of drug-likeness (QED) is 0.761. The van der Waals surface area contributed by atoms with Gasteiger partial charge in [-0.2, -0.15) is 0 Å². The second kappa shape index (κ2) is 8.19. The minimum absolute atomic E-state index is 0.234. The molecule has 1 aromatic carbocycles. The lowest BCUT2D eigenvalue weighted by molar-refractivity contribution is -0.140. The lowest BCUT2D eigenvalue weighted by atomic mass is 10.2. The lowest BCUT2D eigenvalue weighted by Crippen LogP contribution is -2.46. The van der Waals surface area contributed by atoms with Crippen LogP contribution in [0.5, 0.6) is 5.75 Å². The summed E-state index contributed by atoms with van der Waals surface area (Å²) in [6.07, 6.45) is -0.907. The highest BCUT2D eigenvalue weighted by Gasteiger charge is 2.25. The molecule has 0 saturated heterocycles. The van der Waals surface area contributed by atoms with Crippen molar-refractivity contribution in [1.29, 1.82) is 0 Å². The normalized spacial score (nSPS) is 12.0. The number of carboxylic acids is 1. The number of carbonyl (C=O) groups is 3. The van der Waals surface area contributed by atoms with Crippen LogP contribution >= 0.6 is 0 Å². The van der Waals surface area contributed by atoms with Gasteiger partial charge in [-0.05, 0) is 45.0 Å². The Bertz CT molecular complexity index is 589. The number of rotatable bonds is 6. The van der Waals surface area contributed by atoms with Gasteiger partial charge in [0, 0.05) is 0 Å². The first-order valence-electron chi connectivity index (χ1n) is 7.16. The summed E-state index contributed by atoms with van der Waals surface area (Å²) in [6, 6.07) is 4.70. The predicted molar refractivity (Wildman–Crippen MR) is 84.1 cm³/mol. The van der Waals surface area contributed by atoms with Crippen molar-refractivity contribution >= 4 is 18.0 Å². The van der Waals surface area contributed by atoms with Crippen LogP contribution in [0.1, 0.15) is 31.1 Å². The zero-order chi connectivity index (χ0) is 18.3. The summed E-state index contributed by atoms with van der Waals surface area (Å²) in [5.41, 5.74) is -0.537. The van der Waals surface area contributed by atoms with Crippen LogP contribution in [0.2, 0.25) is 0 Å². The minimum atomic E-state index is -1.41. The van der Waals surface area contributed by atoms with E-state index in [9.17, 15) is 14.4 Å². The molecule has 0 radical (unpaired) electrons. The summed E-state index contributed by atoms with van der Waals surface area (Å²) in [5, 5.41) is 11.2. The number of methoxy groups -OCH3 is 1. The van der Waals surface area contributed by atoms with E-state index in [-0.39, 0.29) is 5.56 Å². The van der Waals surface area contributed by atoms with Crippen molar-refractivity contribution in [3.8, 4) is 5.75 Å². The standard InChI is InChI=1S/C16H21NO7/c1-16(2,3)24-15(21)17-12(13(18)19)9-23-14(20)10-5-7-11(22-4)8-6-10/h5-8,12H,9H2,1-4H3,(H,17,21)(H,18,19). The third-order valence-corrected chi connectivity index (χ3v) is 2.70. The Labute approximate surface area is 139 Å². The fourth-order valence-corrected chi connectivity index (χ4v) is 1.59. The van der Waals surface area contributed by atoms with Gasteiger partial charge in [-0.3, -0.25) is 0 Å². The minimum Gasteiger partial charge on any atom is -0.497 e. The Hall–Kier alpha value is -2.77. The van der Waals surface area contributed by atoms with E-state index in [0.29, 0.717) is 5.75 Å². The second-order valence-electron chi connectivity index (χ2n) is 5.86. The second-order valence-corrected chi connectivity index (χ2v) is 5.86. The molecule has 1 amide bonds. The topological polar surface area (TPSA) is 111 Å². The monoisotopic (exact) mass is 339 g/mol. The first-order chi connectivity index (χ1) is 11.1. The number of aliphatic carboxylic acids is 1. The smallest absolute Gasteiger partial charge is 0.408 e. The van der Waals surface area contributed by atoms with Crippen molar-refractivity contribution in [2.45, 2.75) is 32.4 Å². The van der Waals surface area contributed by atoms with Gasteiger partial charge in [0.05, 0.1) is 12.7 Å². The summed E-state index contributed by atoms with van der Waals surface area (Å²) in [6.45, 7) is 4.41. The number of esters is 1. The first kappa shape index (κ1) is 19.3. The number of hydrogen-bond acceptors (Lipinski definition) is 6. The van der Waals surface area contributed by atoms with E-state index in [1.165, 1.54) is 19.2 Å². The van der Waals surface area contributed by atoms with Gasteiger partial charge in [0.25, 0.3) is 0 Å². The highest BCUT2D eigenvalue weighted by Crippen LogP contribution is 2.12. The van der Waals surface area contributed by atoms with E-state index in [2.05, 4.69) is 5.32 Å². The number of alkyl carbamates (subject to hydrolysis) is 1. The zero-order valence-corrected chi connectivity index (χ0v) is 14.0. The van der Waals surface area contributed by atoms with E-state index >= 15 is 0 Å². The van der Waals surface area contributed by atoms with Crippen LogP contribution in [-0.2, 0) is 14.3 Å². The molecule has 0 bridgehead atoms. The molecule has 24 heavy (non-hydrogen) atoms. The Balaban J connectivity index is 2.60. The van der Waals surface area contributed by atoms with Gasteiger partial charge in [0.1, 0.15) is 18.0 Å². The molecule has 1 unspecified atom stereocenters. The van der Waals surface area contributed by atoms with Crippen LogP contribution in [0.15, 0.2) is 24.3 Å². The lowest BCUT2D eigenvalue weighted by Gasteiger charge is -2.21.